The number of aldehydes is 1. The van der Waals surface area contributed by atoms with Crippen LogP contribution in [0.25, 0.3) is 0 Å². The molecule has 0 unspecified atom stereocenters. The topological polar surface area (TPSA) is 34.1 Å². The van der Waals surface area contributed by atoms with Crippen LogP contribution in [0.3, 0.4) is 0 Å². The summed E-state index contributed by atoms with van der Waals surface area (Å²) in [7, 11) is 0. The third-order valence-corrected chi connectivity index (χ3v) is 3.82. The van der Waals surface area contributed by atoms with Crippen LogP contribution in [-0.2, 0) is 6.42 Å². The van der Waals surface area contributed by atoms with Crippen LogP contribution >= 0.6 is 0 Å². The Balaban J connectivity index is 2.69. The summed E-state index contributed by atoms with van der Waals surface area (Å²) >= 11 is 0. The molecule has 0 bridgehead atoms. The number of ketones is 1. The van der Waals surface area contributed by atoms with Crippen molar-refractivity contribution in [3.05, 3.63) is 69.3 Å². The van der Waals surface area contributed by atoms with E-state index in [0.29, 0.717) is 16.7 Å². The zero-order chi connectivity index (χ0) is 15.6. The lowest BCUT2D eigenvalue weighted by atomic mass is 9.88. The molecule has 0 saturated carbocycles. The fraction of sp³-hybridized carbons (Fsp3) is 0.263. The molecule has 0 spiro atoms. The predicted octanol–water partition coefficient (Wildman–Crippen LogP) is 4.22. The first kappa shape index (κ1) is 15.2. The second-order valence-electron chi connectivity index (χ2n) is 5.46. The van der Waals surface area contributed by atoms with Crippen LogP contribution in [0.1, 0.15) is 55.5 Å². The van der Waals surface area contributed by atoms with E-state index in [2.05, 4.69) is 0 Å². The van der Waals surface area contributed by atoms with Gasteiger partial charge in [0.05, 0.1) is 0 Å². The lowest BCUT2D eigenvalue weighted by molar-refractivity contribution is 0.102. The van der Waals surface area contributed by atoms with Gasteiger partial charge in [-0.25, -0.2) is 0 Å². The van der Waals surface area contributed by atoms with Crippen LogP contribution < -0.4 is 0 Å². The molecule has 0 amide bonds. The molecule has 0 aliphatic carbocycles. The Morgan fingerprint density at radius 2 is 1.67 bits per heavy atom. The summed E-state index contributed by atoms with van der Waals surface area (Å²) in [5.41, 5.74) is 5.71. The molecule has 2 aromatic rings. The fourth-order valence-electron chi connectivity index (χ4n) is 2.95. The largest absolute Gasteiger partial charge is 0.298 e. The first-order chi connectivity index (χ1) is 9.99. The lowest BCUT2D eigenvalue weighted by Gasteiger charge is -2.14. The smallest absolute Gasteiger partial charge is 0.194 e. The molecule has 0 radical (unpaired) electrons. The van der Waals surface area contributed by atoms with E-state index in [-0.39, 0.29) is 5.78 Å². The molecule has 21 heavy (non-hydrogen) atoms. The van der Waals surface area contributed by atoms with Crippen molar-refractivity contribution in [2.75, 3.05) is 0 Å². The number of carbonyl (C=O) groups is 2. The first-order valence-electron chi connectivity index (χ1n) is 7.19. The van der Waals surface area contributed by atoms with Gasteiger partial charge in [0.1, 0.15) is 0 Å². The number of benzene rings is 2. The lowest BCUT2D eigenvalue weighted by Crippen LogP contribution is -2.12. The Morgan fingerprint density at radius 1 is 1.05 bits per heavy atom. The molecule has 2 heteroatoms. The van der Waals surface area contributed by atoms with Gasteiger partial charge in [-0.15, -0.1) is 0 Å². The van der Waals surface area contributed by atoms with Gasteiger partial charge in [0.25, 0.3) is 0 Å². The minimum absolute atomic E-state index is 0.0513. The van der Waals surface area contributed by atoms with Crippen LogP contribution in [0.5, 0.6) is 0 Å². The van der Waals surface area contributed by atoms with Crippen LogP contribution in [0.4, 0.5) is 0 Å². The highest BCUT2D eigenvalue weighted by molar-refractivity contribution is 6.15. The average molecular weight is 280 g/mol. The Kier molecular flexibility index (Phi) is 4.37. The van der Waals surface area contributed by atoms with Gasteiger partial charge < -0.3 is 0 Å². The van der Waals surface area contributed by atoms with E-state index in [1.54, 1.807) is 6.07 Å². The summed E-state index contributed by atoms with van der Waals surface area (Å²) in [5, 5.41) is 0. The van der Waals surface area contributed by atoms with Gasteiger partial charge in [-0.3, -0.25) is 9.59 Å². The molecule has 108 valence electrons. The molecule has 0 aliphatic heterocycles. The van der Waals surface area contributed by atoms with Crippen molar-refractivity contribution in [3.63, 3.8) is 0 Å². The molecule has 0 heterocycles. The van der Waals surface area contributed by atoms with Gasteiger partial charge in [-0.1, -0.05) is 42.8 Å². The molecule has 2 nitrogen and oxygen atoms in total. The summed E-state index contributed by atoms with van der Waals surface area (Å²) < 4.78 is 0. The summed E-state index contributed by atoms with van der Waals surface area (Å²) in [6.45, 7) is 7.91. The number of rotatable bonds is 4. The van der Waals surface area contributed by atoms with E-state index in [0.717, 1.165) is 35.0 Å². The highest BCUT2D eigenvalue weighted by Gasteiger charge is 2.20. The van der Waals surface area contributed by atoms with Gasteiger partial charge in [0, 0.05) is 16.7 Å². The van der Waals surface area contributed by atoms with E-state index < -0.39 is 0 Å². The molecule has 2 aromatic carbocycles. The monoisotopic (exact) mass is 280 g/mol. The molecule has 0 saturated heterocycles. The maximum atomic E-state index is 13.0. The number of carbonyl (C=O) groups excluding carboxylic acids is 2. The van der Waals surface area contributed by atoms with Crippen molar-refractivity contribution in [1.29, 1.82) is 0 Å². The van der Waals surface area contributed by atoms with Gasteiger partial charge in [-0.05, 0) is 43.9 Å². The molecule has 0 fully saturated rings. The summed E-state index contributed by atoms with van der Waals surface area (Å²) in [5.74, 6) is -0.0513. The van der Waals surface area contributed by atoms with Crippen LogP contribution in [0.15, 0.2) is 30.3 Å². The van der Waals surface area contributed by atoms with Crippen molar-refractivity contribution in [2.45, 2.75) is 34.1 Å². The molecular weight excluding hydrogens is 260 g/mol. The molecule has 0 atom stereocenters. The Hall–Kier alpha value is -2.22. The highest BCUT2D eigenvalue weighted by atomic mass is 16.1. The molecule has 0 aliphatic rings. The van der Waals surface area contributed by atoms with Gasteiger partial charge >= 0.3 is 0 Å². The minimum atomic E-state index is -0.0513. The minimum Gasteiger partial charge on any atom is -0.298 e. The third-order valence-electron chi connectivity index (χ3n) is 3.82. The van der Waals surface area contributed by atoms with Crippen molar-refractivity contribution in [3.8, 4) is 0 Å². The van der Waals surface area contributed by atoms with Gasteiger partial charge in [0.15, 0.2) is 12.1 Å². The Morgan fingerprint density at radius 3 is 2.19 bits per heavy atom. The van der Waals surface area contributed by atoms with Crippen molar-refractivity contribution >= 4 is 12.1 Å². The number of hydrogen-bond acceptors (Lipinski definition) is 2. The third kappa shape index (κ3) is 2.80. The normalized spacial score (nSPS) is 10.5. The zero-order valence-corrected chi connectivity index (χ0v) is 13.0. The highest BCUT2D eigenvalue weighted by Crippen LogP contribution is 2.24. The Labute approximate surface area is 125 Å². The second-order valence-corrected chi connectivity index (χ2v) is 5.46. The van der Waals surface area contributed by atoms with Crippen LogP contribution in [-0.4, -0.2) is 12.1 Å². The maximum Gasteiger partial charge on any atom is 0.194 e. The Bertz CT molecular complexity index is 688. The second kappa shape index (κ2) is 6.04. The average Bonchev–Trinajstić information content (AvgIpc) is 2.44. The summed E-state index contributed by atoms with van der Waals surface area (Å²) in [6.07, 6.45) is 1.50. The van der Waals surface area contributed by atoms with Crippen LogP contribution in [0, 0.1) is 20.8 Å². The standard InChI is InChI=1S/C19H20O2/c1-5-15-7-6-8-16(11-20)18(15)19(21)17-13(3)9-12(2)10-14(17)4/h6-11H,5H2,1-4H3. The zero-order valence-electron chi connectivity index (χ0n) is 13.0. The number of aryl methyl sites for hydroxylation is 4. The summed E-state index contributed by atoms with van der Waals surface area (Å²) in [4.78, 5) is 24.3. The molecule has 0 N–H and O–H groups in total. The predicted molar refractivity (Wildman–Crippen MR) is 85.3 cm³/mol. The molecule has 0 aromatic heterocycles. The fourth-order valence-corrected chi connectivity index (χ4v) is 2.95. The van der Waals surface area contributed by atoms with E-state index in [1.165, 1.54) is 0 Å². The quantitative estimate of drug-likeness (QED) is 0.621. The van der Waals surface area contributed by atoms with E-state index in [4.69, 9.17) is 0 Å². The van der Waals surface area contributed by atoms with Gasteiger partial charge in [-0.2, -0.15) is 0 Å². The van der Waals surface area contributed by atoms with Crippen molar-refractivity contribution in [2.24, 2.45) is 0 Å². The SMILES string of the molecule is CCc1cccc(C=O)c1C(=O)c1c(C)cc(C)cc1C. The van der Waals surface area contributed by atoms with E-state index >= 15 is 0 Å². The van der Waals surface area contributed by atoms with Gasteiger partial charge in [0.2, 0.25) is 0 Å². The number of hydrogen-bond donors (Lipinski definition) is 0. The molecular formula is C19H20O2. The first-order valence-corrected chi connectivity index (χ1v) is 7.19. The van der Waals surface area contributed by atoms with E-state index in [1.807, 2.05) is 52.0 Å². The maximum absolute atomic E-state index is 13.0. The van der Waals surface area contributed by atoms with Crippen molar-refractivity contribution < 1.29 is 9.59 Å². The molecule has 2 rings (SSSR count). The van der Waals surface area contributed by atoms with Crippen LogP contribution in [0.2, 0.25) is 0 Å². The van der Waals surface area contributed by atoms with E-state index in [9.17, 15) is 9.59 Å². The summed E-state index contributed by atoms with van der Waals surface area (Å²) in [6, 6.07) is 9.47. The van der Waals surface area contributed by atoms with Crippen molar-refractivity contribution in [1.82, 2.24) is 0 Å².